The highest BCUT2D eigenvalue weighted by Crippen LogP contribution is 2.15. The molecule has 0 aromatic carbocycles. The average Bonchev–Trinajstić information content (AvgIpc) is 3.07. The van der Waals surface area contributed by atoms with Gasteiger partial charge in [-0.3, -0.25) is 9.78 Å². The van der Waals surface area contributed by atoms with Crippen LogP contribution in [0.15, 0.2) is 18.3 Å². The summed E-state index contributed by atoms with van der Waals surface area (Å²) in [7, 11) is 1.87. The minimum Gasteiger partial charge on any atom is -0.340 e. The lowest BCUT2D eigenvalue weighted by Gasteiger charge is -2.24. The van der Waals surface area contributed by atoms with E-state index in [4.69, 9.17) is 0 Å². The Kier molecular flexibility index (Phi) is 6.37. The molecule has 1 aliphatic heterocycles. The number of aryl methyl sites for hydroxylation is 1. The molecule has 22 heavy (non-hydrogen) atoms. The molecule has 2 rings (SSSR count). The zero-order valence-corrected chi connectivity index (χ0v) is 14.2. The number of pyridine rings is 1. The molecule has 1 amide bonds. The summed E-state index contributed by atoms with van der Waals surface area (Å²) in [6.45, 7) is 7.34. The van der Waals surface area contributed by atoms with Crippen LogP contribution in [0.3, 0.4) is 0 Å². The van der Waals surface area contributed by atoms with Gasteiger partial charge in [-0.05, 0) is 57.3 Å². The van der Waals surface area contributed by atoms with E-state index in [9.17, 15) is 4.79 Å². The van der Waals surface area contributed by atoms with E-state index in [0.29, 0.717) is 19.0 Å². The third-order valence-electron chi connectivity index (χ3n) is 4.66. The highest BCUT2D eigenvalue weighted by molar-refractivity contribution is 5.75. The number of amides is 1. The summed E-state index contributed by atoms with van der Waals surface area (Å²) in [4.78, 5) is 21.0. The molecule has 2 heterocycles. The molecule has 122 valence electrons. The first-order chi connectivity index (χ1) is 10.6. The van der Waals surface area contributed by atoms with E-state index in [0.717, 1.165) is 18.5 Å². The molecular weight excluding hydrogens is 274 g/mol. The molecule has 1 aliphatic rings. The lowest BCUT2D eigenvalue weighted by molar-refractivity contribution is -0.130. The van der Waals surface area contributed by atoms with Gasteiger partial charge in [0, 0.05) is 25.7 Å². The lowest BCUT2D eigenvalue weighted by Crippen LogP contribution is -2.32. The van der Waals surface area contributed by atoms with Crippen LogP contribution in [-0.4, -0.2) is 46.9 Å². The standard InChI is InChI=1S/C18H29N3O/c1-4-16-8-9-17(19-13-16)14-20(3)18(22)10-7-15(2)21-11-5-6-12-21/h8-9,13,15H,4-7,10-12,14H2,1-3H3. The molecule has 4 nitrogen and oxygen atoms in total. The summed E-state index contributed by atoms with van der Waals surface area (Å²) in [6.07, 6.45) is 7.08. The van der Waals surface area contributed by atoms with E-state index < -0.39 is 0 Å². The topological polar surface area (TPSA) is 36.4 Å². The molecule has 1 atom stereocenters. The van der Waals surface area contributed by atoms with Crippen molar-refractivity contribution in [2.75, 3.05) is 20.1 Å². The molecule has 0 spiro atoms. The Labute approximate surface area is 134 Å². The monoisotopic (exact) mass is 303 g/mol. The first kappa shape index (κ1) is 16.9. The molecule has 1 aromatic heterocycles. The third kappa shape index (κ3) is 4.80. The van der Waals surface area contributed by atoms with Gasteiger partial charge in [-0.1, -0.05) is 13.0 Å². The van der Waals surface area contributed by atoms with Gasteiger partial charge in [0.2, 0.25) is 5.91 Å². The molecule has 0 saturated carbocycles. The molecule has 0 radical (unpaired) electrons. The van der Waals surface area contributed by atoms with Gasteiger partial charge >= 0.3 is 0 Å². The first-order valence-corrected chi connectivity index (χ1v) is 8.52. The van der Waals surface area contributed by atoms with Crippen molar-refractivity contribution in [3.63, 3.8) is 0 Å². The minimum absolute atomic E-state index is 0.215. The van der Waals surface area contributed by atoms with Crippen molar-refractivity contribution in [2.24, 2.45) is 0 Å². The molecule has 0 N–H and O–H groups in total. The molecule has 1 saturated heterocycles. The number of likely N-dealkylation sites (tertiary alicyclic amines) is 1. The number of nitrogens with zero attached hydrogens (tertiary/aromatic N) is 3. The second-order valence-electron chi connectivity index (χ2n) is 6.39. The van der Waals surface area contributed by atoms with Gasteiger partial charge in [-0.15, -0.1) is 0 Å². The van der Waals surface area contributed by atoms with Gasteiger partial charge in [0.15, 0.2) is 0 Å². The summed E-state index contributed by atoms with van der Waals surface area (Å²) in [5.41, 5.74) is 2.19. The summed E-state index contributed by atoms with van der Waals surface area (Å²) in [5.74, 6) is 0.215. The van der Waals surface area contributed by atoms with Gasteiger partial charge in [-0.2, -0.15) is 0 Å². The van der Waals surface area contributed by atoms with Crippen molar-refractivity contribution in [3.05, 3.63) is 29.6 Å². The number of hydrogen-bond donors (Lipinski definition) is 0. The molecule has 1 unspecified atom stereocenters. The van der Waals surface area contributed by atoms with Crippen LogP contribution in [0.25, 0.3) is 0 Å². The number of rotatable bonds is 7. The third-order valence-corrected chi connectivity index (χ3v) is 4.66. The highest BCUT2D eigenvalue weighted by atomic mass is 16.2. The maximum absolute atomic E-state index is 12.3. The zero-order chi connectivity index (χ0) is 15.9. The smallest absolute Gasteiger partial charge is 0.222 e. The van der Waals surface area contributed by atoms with Gasteiger partial charge < -0.3 is 9.80 Å². The molecular formula is C18H29N3O. The molecule has 0 bridgehead atoms. The second-order valence-corrected chi connectivity index (χ2v) is 6.39. The van der Waals surface area contributed by atoms with Crippen LogP contribution in [0.1, 0.15) is 50.8 Å². The van der Waals surface area contributed by atoms with Crippen LogP contribution in [0.4, 0.5) is 0 Å². The summed E-state index contributed by atoms with van der Waals surface area (Å²) in [5, 5.41) is 0. The van der Waals surface area contributed by atoms with E-state index in [1.54, 1.807) is 4.90 Å². The Morgan fingerprint density at radius 3 is 2.68 bits per heavy atom. The lowest BCUT2D eigenvalue weighted by atomic mass is 10.1. The van der Waals surface area contributed by atoms with Crippen molar-refractivity contribution in [3.8, 4) is 0 Å². The highest BCUT2D eigenvalue weighted by Gasteiger charge is 2.19. The van der Waals surface area contributed by atoms with Gasteiger partial charge in [0.05, 0.1) is 12.2 Å². The van der Waals surface area contributed by atoms with Gasteiger partial charge in [0.25, 0.3) is 0 Å². The predicted octanol–water partition coefficient (Wildman–Crippen LogP) is 2.87. The Morgan fingerprint density at radius 2 is 2.09 bits per heavy atom. The number of aromatic nitrogens is 1. The fourth-order valence-electron chi connectivity index (χ4n) is 2.98. The van der Waals surface area contributed by atoms with Crippen molar-refractivity contribution < 1.29 is 4.79 Å². The normalized spacial score (nSPS) is 16.7. The van der Waals surface area contributed by atoms with Crippen LogP contribution < -0.4 is 0 Å². The molecule has 1 fully saturated rings. The van der Waals surface area contributed by atoms with E-state index in [-0.39, 0.29) is 5.91 Å². The van der Waals surface area contributed by atoms with Gasteiger partial charge in [0.1, 0.15) is 0 Å². The van der Waals surface area contributed by atoms with Crippen LogP contribution >= 0.6 is 0 Å². The Balaban J connectivity index is 1.75. The predicted molar refractivity (Wildman–Crippen MR) is 89.6 cm³/mol. The van der Waals surface area contributed by atoms with Crippen molar-refractivity contribution in [1.82, 2.24) is 14.8 Å². The fraction of sp³-hybridized carbons (Fsp3) is 0.667. The maximum atomic E-state index is 12.3. The Hall–Kier alpha value is -1.42. The minimum atomic E-state index is 0.215. The van der Waals surface area contributed by atoms with Crippen LogP contribution in [-0.2, 0) is 17.8 Å². The molecule has 0 aliphatic carbocycles. The Morgan fingerprint density at radius 1 is 1.36 bits per heavy atom. The van der Waals surface area contributed by atoms with Crippen LogP contribution in [0.2, 0.25) is 0 Å². The van der Waals surface area contributed by atoms with E-state index >= 15 is 0 Å². The van der Waals surface area contributed by atoms with Crippen LogP contribution in [0.5, 0.6) is 0 Å². The summed E-state index contributed by atoms with van der Waals surface area (Å²) in [6, 6.07) is 4.63. The number of hydrogen-bond acceptors (Lipinski definition) is 3. The van der Waals surface area contributed by atoms with Crippen LogP contribution in [0, 0.1) is 0 Å². The van der Waals surface area contributed by atoms with Crippen molar-refractivity contribution >= 4 is 5.91 Å². The molecule has 1 aromatic rings. The first-order valence-electron chi connectivity index (χ1n) is 8.52. The number of carbonyl (C=O) groups excluding carboxylic acids is 1. The van der Waals surface area contributed by atoms with Crippen molar-refractivity contribution in [2.45, 2.75) is 58.5 Å². The number of carbonyl (C=O) groups is 1. The quantitative estimate of drug-likeness (QED) is 0.777. The molecule has 4 heteroatoms. The summed E-state index contributed by atoms with van der Waals surface area (Å²) >= 11 is 0. The average molecular weight is 303 g/mol. The maximum Gasteiger partial charge on any atom is 0.222 e. The largest absolute Gasteiger partial charge is 0.340 e. The zero-order valence-electron chi connectivity index (χ0n) is 14.2. The van der Waals surface area contributed by atoms with Crippen molar-refractivity contribution in [1.29, 1.82) is 0 Å². The van der Waals surface area contributed by atoms with E-state index in [1.807, 2.05) is 19.3 Å². The second kappa shape index (κ2) is 8.28. The van der Waals surface area contributed by atoms with E-state index in [2.05, 4.69) is 29.8 Å². The fourth-order valence-corrected chi connectivity index (χ4v) is 2.98. The Bertz CT molecular complexity index is 466. The summed E-state index contributed by atoms with van der Waals surface area (Å²) < 4.78 is 0. The van der Waals surface area contributed by atoms with Gasteiger partial charge in [-0.25, -0.2) is 0 Å². The SMILES string of the molecule is CCc1ccc(CN(C)C(=O)CCC(C)N2CCCC2)nc1. The van der Waals surface area contributed by atoms with E-state index in [1.165, 1.54) is 31.5 Å².